The second-order valence-electron chi connectivity index (χ2n) is 6.29. The number of benzene rings is 1. The summed E-state index contributed by atoms with van der Waals surface area (Å²) in [6.45, 7) is 1.89. The van der Waals surface area contributed by atoms with Gasteiger partial charge < -0.3 is 15.4 Å². The summed E-state index contributed by atoms with van der Waals surface area (Å²) in [5, 5.41) is 6.17. The van der Waals surface area contributed by atoms with E-state index < -0.39 is 0 Å². The van der Waals surface area contributed by atoms with E-state index in [4.69, 9.17) is 16.3 Å². The average molecular weight is 337 g/mol. The summed E-state index contributed by atoms with van der Waals surface area (Å²) < 4.78 is 5.78. The highest BCUT2D eigenvalue weighted by Crippen LogP contribution is 2.28. The van der Waals surface area contributed by atoms with E-state index in [1.165, 1.54) is 6.42 Å². The van der Waals surface area contributed by atoms with Gasteiger partial charge in [-0.1, -0.05) is 11.6 Å². The number of hydrogen-bond acceptors (Lipinski definition) is 3. The van der Waals surface area contributed by atoms with Gasteiger partial charge in [0.25, 0.3) is 5.91 Å². The molecule has 0 radical (unpaired) electrons. The summed E-state index contributed by atoms with van der Waals surface area (Å²) in [4.78, 5) is 23.7. The van der Waals surface area contributed by atoms with Gasteiger partial charge >= 0.3 is 0 Å². The maximum atomic E-state index is 12.4. The molecule has 2 amide bonds. The van der Waals surface area contributed by atoms with Crippen LogP contribution in [0.2, 0.25) is 5.02 Å². The molecule has 2 atom stereocenters. The van der Waals surface area contributed by atoms with Crippen LogP contribution in [-0.2, 0) is 4.79 Å². The predicted molar refractivity (Wildman–Crippen MR) is 87.8 cm³/mol. The van der Waals surface area contributed by atoms with Crippen LogP contribution in [0.5, 0.6) is 5.75 Å². The normalized spacial score (nSPS) is 24.5. The quantitative estimate of drug-likeness (QED) is 0.888. The number of halogens is 1. The third-order valence-electron chi connectivity index (χ3n) is 4.53. The number of amides is 2. The first-order valence-corrected chi connectivity index (χ1v) is 8.47. The van der Waals surface area contributed by atoms with Gasteiger partial charge in [-0.25, -0.2) is 0 Å². The van der Waals surface area contributed by atoms with Crippen molar-refractivity contribution in [1.29, 1.82) is 0 Å². The summed E-state index contributed by atoms with van der Waals surface area (Å²) in [7, 11) is 0. The summed E-state index contributed by atoms with van der Waals surface area (Å²) in [6, 6.07) is 5.01. The van der Waals surface area contributed by atoms with Crippen LogP contribution in [0.15, 0.2) is 18.2 Å². The molecule has 23 heavy (non-hydrogen) atoms. The molecule has 2 aliphatic rings. The van der Waals surface area contributed by atoms with E-state index in [0.717, 1.165) is 12.8 Å². The van der Waals surface area contributed by atoms with Crippen LogP contribution in [0.3, 0.4) is 0 Å². The van der Waals surface area contributed by atoms with E-state index in [2.05, 4.69) is 10.6 Å². The second-order valence-corrected chi connectivity index (χ2v) is 6.69. The van der Waals surface area contributed by atoms with E-state index in [1.807, 2.05) is 6.92 Å². The Kier molecular flexibility index (Phi) is 4.76. The van der Waals surface area contributed by atoms with E-state index >= 15 is 0 Å². The van der Waals surface area contributed by atoms with Gasteiger partial charge in [0.1, 0.15) is 5.75 Å². The monoisotopic (exact) mass is 336 g/mol. The van der Waals surface area contributed by atoms with Crippen molar-refractivity contribution < 1.29 is 14.3 Å². The molecule has 2 fully saturated rings. The molecule has 1 saturated carbocycles. The van der Waals surface area contributed by atoms with Crippen molar-refractivity contribution in [2.45, 2.75) is 57.2 Å². The van der Waals surface area contributed by atoms with E-state index in [-0.39, 0.29) is 30.0 Å². The summed E-state index contributed by atoms with van der Waals surface area (Å²) in [6.07, 6.45) is 4.69. The molecule has 124 valence electrons. The molecule has 3 rings (SSSR count). The van der Waals surface area contributed by atoms with Crippen LogP contribution < -0.4 is 15.4 Å². The van der Waals surface area contributed by atoms with Crippen molar-refractivity contribution in [3.05, 3.63) is 28.8 Å². The molecule has 1 aliphatic carbocycles. The Hall–Kier alpha value is -1.75. The number of carbonyl (C=O) groups excluding carboxylic acids is 2. The first kappa shape index (κ1) is 16.1. The van der Waals surface area contributed by atoms with E-state index in [0.29, 0.717) is 29.2 Å². The summed E-state index contributed by atoms with van der Waals surface area (Å²) in [5.41, 5.74) is 0.428. The van der Waals surface area contributed by atoms with Gasteiger partial charge in [0.15, 0.2) is 0 Å². The van der Waals surface area contributed by atoms with Gasteiger partial charge in [-0.3, -0.25) is 9.59 Å². The molecule has 2 N–H and O–H groups in total. The highest BCUT2D eigenvalue weighted by atomic mass is 35.5. The van der Waals surface area contributed by atoms with Gasteiger partial charge in [-0.15, -0.1) is 0 Å². The topological polar surface area (TPSA) is 67.4 Å². The van der Waals surface area contributed by atoms with Crippen LogP contribution in [-0.4, -0.2) is 30.0 Å². The standard InChI is InChI=1S/C17H21ClN2O3/c1-10-15(7-8-16(21)19-10)20-17(22)13-6-5-12(9-14(13)18)23-11-3-2-4-11/h5-6,9-11,15H,2-4,7-8H2,1H3,(H,19,21)(H,20,22). The molecule has 0 bridgehead atoms. The lowest BCUT2D eigenvalue weighted by molar-refractivity contribution is -0.123. The van der Waals surface area contributed by atoms with Crippen LogP contribution in [0, 0.1) is 0 Å². The first-order chi connectivity index (χ1) is 11.0. The molecule has 1 saturated heterocycles. The van der Waals surface area contributed by atoms with Crippen LogP contribution >= 0.6 is 11.6 Å². The number of piperidine rings is 1. The summed E-state index contributed by atoms with van der Waals surface area (Å²) >= 11 is 6.24. The lowest BCUT2D eigenvalue weighted by Crippen LogP contribution is -2.53. The molecule has 1 aromatic carbocycles. The van der Waals surface area contributed by atoms with Gasteiger partial charge in [0.05, 0.1) is 16.7 Å². The zero-order valence-electron chi connectivity index (χ0n) is 13.1. The molecule has 1 aromatic rings. The van der Waals surface area contributed by atoms with E-state index in [9.17, 15) is 9.59 Å². The molecule has 6 heteroatoms. The largest absolute Gasteiger partial charge is 0.490 e. The van der Waals surface area contributed by atoms with E-state index in [1.54, 1.807) is 18.2 Å². The number of carbonyl (C=O) groups is 2. The minimum atomic E-state index is -0.224. The maximum Gasteiger partial charge on any atom is 0.253 e. The lowest BCUT2D eigenvalue weighted by Gasteiger charge is -2.30. The zero-order valence-corrected chi connectivity index (χ0v) is 13.9. The number of nitrogens with one attached hydrogen (secondary N) is 2. The maximum absolute atomic E-state index is 12.4. The van der Waals surface area contributed by atoms with Crippen LogP contribution in [0.25, 0.3) is 0 Å². The fourth-order valence-corrected chi connectivity index (χ4v) is 3.10. The van der Waals surface area contributed by atoms with Gasteiger partial charge in [-0.05, 0) is 50.8 Å². The lowest BCUT2D eigenvalue weighted by atomic mass is 9.96. The van der Waals surface area contributed by atoms with Gasteiger partial charge in [-0.2, -0.15) is 0 Å². The zero-order chi connectivity index (χ0) is 16.4. The molecular formula is C17H21ClN2O3. The van der Waals surface area contributed by atoms with Crippen molar-refractivity contribution in [2.24, 2.45) is 0 Å². The highest BCUT2D eigenvalue weighted by Gasteiger charge is 2.27. The molecule has 2 unspecified atom stereocenters. The third kappa shape index (κ3) is 3.78. The minimum Gasteiger partial charge on any atom is -0.490 e. The Morgan fingerprint density at radius 2 is 2.13 bits per heavy atom. The van der Waals surface area contributed by atoms with Crippen molar-refractivity contribution >= 4 is 23.4 Å². The fraction of sp³-hybridized carbons (Fsp3) is 0.529. The highest BCUT2D eigenvalue weighted by molar-refractivity contribution is 6.34. The molecular weight excluding hydrogens is 316 g/mol. The SMILES string of the molecule is CC1NC(=O)CCC1NC(=O)c1ccc(OC2CCC2)cc1Cl. The van der Waals surface area contributed by atoms with Crippen molar-refractivity contribution in [1.82, 2.24) is 10.6 Å². The molecule has 1 heterocycles. The molecule has 0 aromatic heterocycles. The molecule has 5 nitrogen and oxygen atoms in total. The van der Waals surface area contributed by atoms with Crippen molar-refractivity contribution in [3.8, 4) is 5.75 Å². The second kappa shape index (κ2) is 6.79. The number of ether oxygens (including phenoxy) is 1. The minimum absolute atomic E-state index is 0.0264. The van der Waals surface area contributed by atoms with Crippen LogP contribution in [0.4, 0.5) is 0 Å². The Morgan fingerprint density at radius 1 is 1.35 bits per heavy atom. The number of rotatable bonds is 4. The smallest absolute Gasteiger partial charge is 0.253 e. The Labute approximate surface area is 140 Å². The Bertz CT molecular complexity index is 616. The van der Waals surface area contributed by atoms with Gasteiger partial charge in [0.2, 0.25) is 5.91 Å². The molecule has 1 aliphatic heterocycles. The number of hydrogen-bond donors (Lipinski definition) is 2. The van der Waals surface area contributed by atoms with Gasteiger partial charge in [0, 0.05) is 18.5 Å². The van der Waals surface area contributed by atoms with Crippen molar-refractivity contribution in [2.75, 3.05) is 0 Å². The average Bonchev–Trinajstić information content (AvgIpc) is 2.46. The predicted octanol–water partition coefficient (Wildman–Crippen LogP) is 2.67. The Balaban J connectivity index is 1.63. The fourth-order valence-electron chi connectivity index (χ4n) is 2.84. The van der Waals surface area contributed by atoms with Crippen LogP contribution in [0.1, 0.15) is 49.4 Å². The molecule has 0 spiro atoms. The first-order valence-electron chi connectivity index (χ1n) is 8.09. The van der Waals surface area contributed by atoms with Crippen molar-refractivity contribution in [3.63, 3.8) is 0 Å². The Morgan fingerprint density at radius 3 is 2.74 bits per heavy atom. The summed E-state index contributed by atoms with van der Waals surface area (Å²) in [5.74, 6) is 0.506. The third-order valence-corrected chi connectivity index (χ3v) is 4.84.